The molecule has 0 atom stereocenters. The highest BCUT2D eigenvalue weighted by Gasteiger charge is 2.34. The Bertz CT molecular complexity index is 710. The monoisotopic (exact) mass is 342 g/mol. The summed E-state index contributed by atoms with van der Waals surface area (Å²) in [6.45, 7) is 4.47. The number of imidazole rings is 1. The number of rotatable bonds is 6. The molecule has 0 N–H and O–H groups in total. The Morgan fingerprint density at radius 3 is 2.64 bits per heavy atom. The predicted octanol–water partition coefficient (Wildman–Crippen LogP) is 2.36. The van der Waals surface area contributed by atoms with Gasteiger partial charge in [-0.15, -0.1) is 10.2 Å². The second kappa shape index (κ2) is 6.98. The molecule has 7 heteroatoms. The van der Waals surface area contributed by atoms with Gasteiger partial charge in [-0.25, -0.2) is 4.98 Å². The number of piperidine rings is 1. The summed E-state index contributed by atoms with van der Waals surface area (Å²) in [5, 5.41) is 9.06. The summed E-state index contributed by atoms with van der Waals surface area (Å²) in [6, 6.07) is 0.559. The van der Waals surface area contributed by atoms with E-state index >= 15 is 0 Å². The van der Waals surface area contributed by atoms with Crippen LogP contribution >= 0.6 is 0 Å². The fourth-order valence-corrected chi connectivity index (χ4v) is 3.76. The lowest BCUT2D eigenvalue weighted by molar-refractivity contribution is -0.132. The summed E-state index contributed by atoms with van der Waals surface area (Å²) in [6.07, 6.45) is 11.6. The highest BCUT2D eigenvalue weighted by Crippen LogP contribution is 2.40. The largest absolute Gasteiger partial charge is 0.343 e. The van der Waals surface area contributed by atoms with Gasteiger partial charge >= 0.3 is 0 Å². The molecule has 1 aliphatic carbocycles. The molecule has 0 unspecified atom stereocenters. The number of nitrogens with zero attached hydrogens (tertiary/aromatic N) is 6. The summed E-state index contributed by atoms with van der Waals surface area (Å²) in [5.41, 5.74) is 0. The average Bonchev–Trinajstić information content (AvgIpc) is 3.17. The molecule has 1 saturated carbocycles. The molecule has 0 radical (unpaired) electrons. The van der Waals surface area contributed by atoms with Crippen molar-refractivity contribution < 1.29 is 4.79 Å². The molecular weight excluding hydrogens is 316 g/mol. The maximum atomic E-state index is 12.1. The van der Waals surface area contributed by atoms with Gasteiger partial charge in [0.15, 0.2) is 5.82 Å². The van der Waals surface area contributed by atoms with Crippen LogP contribution in [-0.4, -0.2) is 48.2 Å². The van der Waals surface area contributed by atoms with E-state index in [0.717, 1.165) is 50.5 Å². The first-order valence-electron chi connectivity index (χ1n) is 9.43. The van der Waals surface area contributed by atoms with Gasteiger partial charge in [-0.2, -0.15) is 0 Å². The Morgan fingerprint density at radius 2 is 2.00 bits per heavy atom. The Balaban J connectivity index is 1.48. The third-order valence-electron chi connectivity index (χ3n) is 5.26. The highest BCUT2D eigenvalue weighted by molar-refractivity contribution is 5.76. The van der Waals surface area contributed by atoms with Crippen molar-refractivity contribution >= 4 is 5.91 Å². The van der Waals surface area contributed by atoms with Gasteiger partial charge in [0.05, 0.1) is 12.9 Å². The Kier molecular flexibility index (Phi) is 4.55. The minimum Gasteiger partial charge on any atom is -0.343 e. The van der Waals surface area contributed by atoms with E-state index < -0.39 is 0 Å². The quantitative estimate of drug-likeness (QED) is 0.808. The standard InChI is InChI=1S/C18H26N6O/c1-2-3-17(25)23-9-6-14(7-10-23)18-21-20-16(24(18)15-4-5-15)12-22-11-8-19-13-22/h8,11,13-15H,2-7,9-10,12H2,1H3. The molecule has 1 aliphatic heterocycles. The number of amides is 1. The number of carbonyl (C=O) groups is 1. The fourth-order valence-electron chi connectivity index (χ4n) is 3.76. The lowest BCUT2D eigenvalue weighted by Crippen LogP contribution is -2.38. The maximum Gasteiger partial charge on any atom is 0.222 e. The van der Waals surface area contributed by atoms with Crippen molar-refractivity contribution in [2.75, 3.05) is 13.1 Å². The van der Waals surface area contributed by atoms with Crippen LogP contribution in [0.4, 0.5) is 0 Å². The Labute approximate surface area is 148 Å². The zero-order valence-electron chi connectivity index (χ0n) is 14.8. The minimum absolute atomic E-state index is 0.297. The topological polar surface area (TPSA) is 68.8 Å². The van der Waals surface area contributed by atoms with Crippen LogP contribution in [0.5, 0.6) is 0 Å². The van der Waals surface area contributed by atoms with Gasteiger partial charge in [-0.3, -0.25) is 4.79 Å². The molecule has 2 aliphatic rings. The summed E-state index contributed by atoms with van der Waals surface area (Å²) in [5.74, 6) is 2.86. The lowest BCUT2D eigenvalue weighted by Gasteiger charge is -2.32. The number of likely N-dealkylation sites (tertiary alicyclic amines) is 1. The van der Waals surface area contributed by atoms with E-state index in [-0.39, 0.29) is 0 Å². The molecule has 0 spiro atoms. The summed E-state index contributed by atoms with van der Waals surface area (Å²) in [7, 11) is 0. The number of carbonyl (C=O) groups excluding carboxylic acids is 1. The third-order valence-corrected chi connectivity index (χ3v) is 5.26. The van der Waals surface area contributed by atoms with E-state index in [1.54, 1.807) is 6.20 Å². The predicted molar refractivity (Wildman–Crippen MR) is 93.1 cm³/mol. The second-order valence-electron chi connectivity index (χ2n) is 7.22. The smallest absolute Gasteiger partial charge is 0.222 e. The van der Waals surface area contributed by atoms with Crippen LogP contribution in [0, 0.1) is 0 Å². The van der Waals surface area contributed by atoms with Crippen molar-refractivity contribution in [3.8, 4) is 0 Å². The number of aromatic nitrogens is 5. The van der Waals surface area contributed by atoms with E-state index in [1.165, 1.54) is 12.8 Å². The van der Waals surface area contributed by atoms with E-state index in [4.69, 9.17) is 0 Å². The van der Waals surface area contributed by atoms with Crippen LogP contribution in [0.2, 0.25) is 0 Å². The fraction of sp³-hybridized carbons (Fsp3) is 0.667. The van der Waals surface area contributed by atoms with E-state index in [9.17, 15) is 4.79 Å². The molecule has 1 amide bonds. The lowest BCUT2D eigenvalue weighted by atomic mass is 9.95. The van der Waals surface area contributed by atoms with E-state index in [0.29, 0.717) is 24.3 Å². The van der Waals surface area contributed by atoms with Gasteiger partial charge in [-0.05, 0) is 32.1 Å². The third kappa shape index (κ3) is 3.45. The van der Waals surface area contributed by atoms with E-state index in [1.807, 2.05) is 22.0 Å². The highest BCUT2D eigenvalue weighted by atomic mass is 16.2. The number of hydrogen-bond acceptors (Lipinski definition) is 4. The van der Waals surface area contributed by atoms with Crippen molar-refractivity contribution in [3.05, 3.63) is 30.4 Å². The molecule has 7 nitrogen and oxygen atoms in total. The van der Waals surface area contributed by atoms with Crippen molar-refractivity contribution in [1.82, 2.24) is 29.2 Å². The van der Waals surface area contributed by atoms with Crippen molar-refractivity contribution in [1.29, 1.82) is 0 Å². The first-order valence-corrected chi connectivity index (χ1v) is 9.43. The number of hydrogen-bond donors (Lipinski definition) is 0. The van der Waals surface area contributed by atoms with Crippen molar-refractivity contribution in [3.63, 3.8) is 0 Å². The van der Waals surface area contributed by atoms with Gasteiger partial charge in [0.2, 0.25) is 5.91 Å². The first-order chi connectivity index (χ1) is 12.3. The van der Waals surface area contributed by atoms with Crippen molar-refractivity contribution in [2.24, 2.45) is 0 Å². The molecule has 134 valence electrons. The van der Waals surface area contributed by atoms with Crippen LogP contribution in [0.3, 0.4) is 0 Å². The van der Waals surface area contributed by atoms with Gasteiger partial charge in [0.25, 0.3) is 0 Å². The Morgan fingerprint density at radius 1 is 1.20 bits per heavy atom. The Hall–Kier alpha value is -2.18. The summed E-state index contributed by atoms with van der Waals surface area (Å²) in [4.78, 5) is 18.2. The van der Waals surface area contributed by atoms with Crippen LogP contribution in [0.15, 0.2) is 18.7 Å². The zero-order valence-corrected chi connectivity index (χ0v) is 14.8. The van der Waals surface area contributed by atoms with Gasteiger partial charge in [0, 0.05) is 43.9 Å². The molecule has 3 heterocycles. The molecule has 25 heavy (non-hydrogen) atoms. The molecule has 0 bridgehead atoms. The molecule has 2 fully saturated rings. The molecule has 2 aromatic heterocycles. The van der Waals surface area contributed by atoms with Gasteiger partial charge in [-0.1, -0.05) is 6.92 Å². The van der Waals surface area contributed by atoms with Crippen LogP contribution in [0.25, 0.3) is 0 Å². The normalized spacial score (nSPS) is 18.7. The average molecular weight is 342 g/mol. The molecular formula is C18H26N6O. The molecule has 0 aromatic carbocycles. The maximum absolute atomic E-state index is 12.1. The minimum atomic E-state index is 0.297. The van der Waals surface area contributed by atoms with E-state index in [2.05, 4.69) is 26.7 Å². The second-order valence-corrected chi connectivity index (χ2v) is 7.22. The van der Waals surface area contributed by atoms with Crippen molar-refractivity contribution in [2.45, 2.75) is 64.0 Å². The molecule has 4 rings (SSSR count). The first kappa shape index (κ1) is 16.3. The van der Waals surface area contributed by atoms with Crippen LogP contribution in [0.1, 0.15) is 69.1 Å². The zero-order chi connectivity index (χ0) is 17.2. The summed E-state index contributed by atoms with van der Waals surface area (Å²) < 4.78 is 4.41. The van der Waals surface area contributed by atoms with Gasteiger partial charge < -0.3 is 14.0 Å². The SMILES string of the molecule is CCCC(=O)N1CCC(c2nnc(Cn3ccnc3)n2C2CC2)CC1. The molecule has 2 aromatic rings. The summed E-state index contributed by atoms with van der Waals surface area (Å²) >= 11 is 0. The van der Waals surface area contributed by atoms with Crippen LogP contribution < -0.4 is 0 Å². The molecule has 1 saturated heterocycles. The van der Waals surface area contributed by atoms with Crippen LogP contribution in [-0.2, 0) is 11.3 Å². The van der Waals surface area contributed by atoms with Gasteiger partial charge in [0.1, 0.15) is 5.82 Å².